The van der Waals surface area contributed by atoms with Crippen LogP contribution in [0.3, 0.4) is 0 Å². The molecular weight excluding hydrogens is 193 g/mol. The molecule has 0 atom stereocenters. The van der Waals surface area contributed by atoms with Gasteiger partial charge < -0.3 is 10.1 Å². The molecular formula is C12H14FNO. The predicted molar refractivity (Wildman–Crippen MR) is 58.1 cm³/mol. The minimum Gasteiger partial charge on any atom is -0.478 e. The summed E-state index contributed by atoms with van der Waals surface area (Å²) in [7, 11) is 0. The standard InChI is InChI=1S/C12H14FNO/c1-3-7-15-12-6-5-10(8-11(12)13)9-14-4-2/h1,5-6,8,14H,4,7,9H2,2H3. The SMILES string of the molecule is C#CCOc1ccc(CNCC)cc1F. The summed E-state index contributed by atoms with van der Waals surface area (Å²) in [4.78, 5) is 0. The van der Waals surface area contributed by atoms with Crippen molar-refractivity contribution in [2.24, 2.45) is 0 Å². The number of nitrogens with one attached hydrogen (secondary N) is 1. The van der Waals surface area contributed by atoms with Crippen molar-refractivity contribution in [1.29, 1.82) is 0 Å². The van der Waals surface area contributed by atoms with Crippen molar-refractivity contribution in [2.45, 2.75) is 13.5 Å². The van der Waals surface area contributed by atoms with Crippen LogP contribution < -0.4 is 10.1 Å². The summed E-state index contributed by atoms with van der Waals surface area (Å²) < 4.78 is 18.4. The molecule has 0 spiro atoms. The van der Waals surface area contributed by atoms with E-state index >= 15 is 0 Å². The maximum Gasteiger partial charge on any atom is 0.165 e. The minimum absolute atomic E-state index is 0.0868. The summed E-state index contributed by atoms with van der Waals surface area (Å²) in [5.41, 5.74) is 0.891. The van der Waals surface area contributed by atoms with Crippen molar-refractivity contribution in [1.82, 2.24) is 5.32 Å². The minimum atomic E-state index is -0.374. The van der Waals surface area contributed by atoms with E-state index in [1.54, 1.807) is 6.07 Å². The van der Waals surface area contributed by atoms with Crippen LogP contribution in [0.5, 0.6) is 5.75 Å². The zero-order valence-electron chi connectivity index (χ0n) is 8.72. The van der Waals surface area contributed by atoms with Gasteiger partial charge in [0.15, 0.2) is 11.6 Å². The van der Waals surface area contributed by atoms with Gasteiger partial charge in [0.2, 0.25) is 0 Å². The number of hydrogen-bond donors (Lipinski definition) is 1. The van der Waals surface area contributed by atoms with Crippen molar-refractivity contribution >= 4 is 0 Å². The Morgan fingerprint density at radius 2 is 2.33 bits per heavy atom. The zero-order chi connectivity index (χ0) is 11.1. The monoisotopic (exact) mass is 207 g/mol. The molecule has 0 radical (unpaired) electrons. The molecule has 0 aliphatic heterocycles. The van der Waals surface area contributed by atoms with E-state index in [0.29, 0.717) is 6.54 Å². The molecule has 80 valence electrons. The third-order valence-electron chi connectivity index (χ3n) is 1.89. The van der Waals surface area contributed by atoms with Gasteiger partial charge in [-0.15, -0.1) is 6.42 Å². The van der Waals surface area contributed by atoms with Gasteiger partial charge in [-0.3, -0.25) is 0 Å². The maximum atomic E-state index is 13.4. The summed E-state index contributed by atoms with van der Waals surface area (Å²) in [6, 6.07) is 4.87. The van der Waals surface area contributed by atoms with E-state index in [1.807, 2.05) is 13.0 Å². The third kappa shape index (κ3) is 3.61. The lowest BCUT2D eigenvalue weighted by atomic mass is 10.2. The maximum absolute atomic E-state index is 13.4. The van der Waals surface area contributed by atoms with Crippen molar-refractivity contribution in [3.05, 3.63) is 29.6 Å². The van der Waals surface area contributed by atoms with E-state index < -0.39 is 0 Å². The van der Waals surface area contributed by atoms with Gasteiger partial charge in [-0.05, 0) is 24.2 Å². The van der Waals surface area contributed by atoms with Crippen LogP contribution in [0.4, 0.5) is 4.39 Å². The second-order valence-corrected chi connectivity index (χ2v) is 3.04. The molecule has 0 saturated carbocycles. The Balaban J connectivity index is 2.66. The Labute approximate surface area is 89.4 Å². The summed E-state index contributed by atoms with van der Waals surface area (Å²) in [5, 5.41) is 3.11. The molecule has 0 aliphatic rings. The highest BCUT2D eigenvalue weighted by atomic mass is 19.1. The van der Waals surface area contributed by atoms with Crippen LogP contribution >= 0.6 is 0 Å². The van der Waals surface area contributed by atoms with E-state index in [2.05, 4.69) is 11.2 Å². The Hall–Kier alpha value is -1.53. The van der Waals surface area contributed by atoms with Crippen LogP contribution in [0.15, 0.2) is 18.2 Å². The van der Waals surface area contributed by atoms with Gasteiger partial charge in [0.1, 0.15) is 6.61 Å². The van der Waals surface area contributed by atoms with E-state index in [0.717, 1.165) is 12.1 Å². The van der Waals surface area contributed by atoms with Gasteiger partial charge in [0.05, 0.1) is 0 Å². The molecule has 0 amide bonds. The van der Waals surface area contributed by atoms with E-state index in [1.165, 1.54) is 6.07 Å². The Bertz CT molecular complexity index is 357. The van der Waals surface area contributed by atoms with Gasteiger partial charge in [0.25, 0.3) is 0 Å². The molecule has 0 aliphatic carbocycles. The summed E-state index contributed by atoms with van der Waals surface area (Å²) >= 11 is 0. The zero-order valence-corrected chi connectivity index (χ0v) is 8.72. The molecule has 0 saturated heterocycles. The van der Waals surface area contributed by atoms with E-state index in [4.69, 9.17) is 11.2 Å². The summed E-state index contributed by atoms with van der Waals surface area (Å²) in [5.74, 6) is 2.12. The van der Waals surface area contributed by atoms with Crippen molar-refractivity contribution in [3.63, 3.8) is 0 Å². The normalized spacial score (nSPS) is 9.67. The molecule has 0 unspecified atom stereocenters. The molecule has 0 heterocycles. The molecule has 2 nitrogen and oxygen atoms in total. The van der Waals surface area contributed by atoms with Gasteiger partial charge in [-0.2, -0.15) is 0 Å². The first-order valence-corrected chi connectivity index (χ1v) is 4.83. The van der Waals surface area contributed by atoms with E-state index in [9.17, 15) is 4.39 Å². The molecule has 0 fully saturated rings. The highest BCUT2D eigenvalue weighted by Gasteiger charge is 2.03. The Morgan fingerprint density at radius 1 is 1.53 bits per heavy atom. The van der Waals surface area contributed by atoms with E-state index in [-0.39, 0.29) is 18.2 Å². The number of benzene rings is 1. The molecule has 1 rings (SSSR count). The smallest absolute Gasteiger partial charge is 0.165 e. The fourth-order valence-corrected chi connectivity index (χ4v) is 1.16. The fraction of sp³-hybridized carbons (Fsp3) is 0.333. The highest BCUT2D eigenvalue weighted by Crippen LogP contribution is 2.18. The highest BCUT2D eigenvalue weighted by molar-refractivity contribution is 5.29. The first kappa shape index (κ1) is 11.5. The van der Waals surface area contributed by atoms with Crippen LogP contribution in [-0.4, -0.2) is 13.2 Å². The molecule has 0 bridgehead atoms. The number of hydrogen-bond acceptors (Lipinski definition) is 2. The average Bonchev–Trinajstić information content (AvgIpc) is 2.25. The van der Waals surface area contributed by atoms with Gasteiger partial charge >= 0.3 is 0 Å². The summed E-state index contributed by atoms with van der Waals surface area (Å²) in [6.45, 7) is 3.60. The topological polar surface area (TPSA) is 21.3 Å². The Kier molecular flexibility index (Phi) is 4.65. The lowest BCUT2D eigenvalue weighted by Crippen LogP contribution is -2.11. The van der Waals surface area contributed by atoms with Crippen LogP contribution in [0.1, 0.15) is 12.5 Å². The van der Waals surface area contributed by atoms with Crippen molar-refractivity contribution in [2.75, 3.05) is 13.2 Å². The first-order chi connectivity index (χ1) is 7.27. The lowest BCUT2D eigenvalue weighted by molar-refractivity contribution is 0.348. The molecule has 1 aromatic rings. The fourth-order valence-electron chi connectivity index (χ4n) is 1.16. The quantitative estimate of drug-likeness (QED) is 0.745. The molecule has 1 aromatic carbocycles. The molecule has 1 N–H and O–H groups in total. The van der Waals surface area contributed by atoms with Crippen LogP contribution in [-0.2, 0) is 6.54 Å². The molecule has 3 heteroatoms. The molecule has 15 heavy (non-hydrogen) atoms. The van der Waals surface area contributed by atoms with Crippen LogP contribution in [0.2, 0.25) is 0 Å². The number of terminal acetylenes is 1. The number of halogens is 1. The summed E-state index contributed by atoms with van der Waals surface area (Å²) in [6.07, 6.45) is 5.01. The van der Waals surface area contributed by atoms with Crippen LogP contribution in [0.25, 0.3) is 0 Å². The van der Waals surface area contributed by atoms with Gasteiger partial charge in [-0.1, -0.05) is 18.9 Å². The first-order valence-electron chi connectivity index (χ1n) is 4.83. The van der Waals surface area contributed by atoms with Crippen LogP contribution in [0, 0.1) is 18.2 Å². The third-order valence-corrected chi connectivity index (χ3v) is 1.89. The van der Waals surface area contributed by atoms with Gasteiger partial charge in [0, 0.05) is 6.54 Å². The molecule has 0 aromatic heterocycles. The second kappa shape index (κ2) is 6.05. The Morgan fingerprint density at radius 3 is 2.93 bits per heavy atom. The van der Waals surface area contributed by atoms with Crippen molar-refractivity contribution in [3.8, 4) is 18.1 Å². The number of ether oxygens (including phenoxy) is 1. The van der Waals surface area contributed by atoms with Gasteiger partial charge in [-0.25, -0.2) is 4.39 Å². The van der Waals surface area contributed by atoms with Crippen molar-refractivity contribution < 1.29 is 9.13 Å². The number of rotatable bonds is 5. The largest absolute Gasteiger partial charge is 0.478 e. The predicted octanol–water partition coefficient (Wildman–Crippen LogP) is 1.95. The average molecular weight is 207 g/mol. The lowest BCUT2D eigenvalue weighted by Gasteiger charge is -2.06. The second-order valence-electron chi connectivity index (χ2n) is 3.04.